The fourth-order valence-electron chi connectivity index (χ4n) is 1.91. The Morgan fingerprint density at radius 2 is 2.35 bits per heavy atom. The minimum Gasteiger partial charge on any atom is -0.395 e. The van der Waals surface area contributed by atoms with Gasteiger partial charge in [-0.1, -0.05) is 13.3 Å². The van der Waals surface area contributed by atoms with Gasteiger partial charge in [-0.2, -0.15) is 0 Å². The minimum atomic E-state index is -0.0148. The average Bonchev–Trinajstić information content (AvgIpc) is 2.35. The van der Waals surface area contributed by atoms with Gasteiger partial charge in [0, 0.05) is 26.2 Å². The molecule has 1 unspecified atom stereocenters. The number of amides is 1. The van der Waals surface area contributed by atoms with Gasteiger partial charge >= 0.3 is 0 Å². The van der Waals surface area contributed by atoms with E-state index in [9.17, 15) is 4.79 Å². The molecule has 17 heavy (non-hydrogen) atoms. The van der Waals surface area contributed by atoms with E-state index in [-0.39, 0.29) is 18.6 Å². The first kappa shape index (κ1) is 14.4. The van der Waals surface area contributed by atoms with Gasteiger partial charge in [0.15, 0.2) is 0 Å². The van der Waals surface area contributed by atoms with E-state index in [1.165, 1.54) is 0 Å². The van der Waals surface area contributed by atoms with Crippen molar-refractivity contribution < 1.29 is 14.6 Å². The van der Waals surface area contributed by atoms with Crippen molar-refractivity contribution >= 4 is 5.91 Å². The average molecular weight is 244 g/mol. The predicted molar refractivity (Wildman–Crippen MR) is 65.8 cm³/mol. The van der Waals surface area contributed by atoms with Crippen LogP contribution in [0.15, 0.2) is 0 Å². The molecule has 1 aliphatic heterocycles. The van der Waals surface area contributed by atoms with Gasteiger partial charge in [0.1, 0.15) is 0 Å². The molecule has 0 spiro atoms. The number of nitrogens with one attached hydrogen (secondary N) is 1. The van der Waals surface area contributed by atoms with Crippen molar-refractivity contribution in [3.8, 4) is 0 Å². The molecule has 5 heteroatoms. The molecule has 5 nitrogen and oxygen atoms in total. The number of morpholine rings is 1. The number of aliphatic hydroxyl groups excluding tert-OH is 1. The molecular formula is C12H24N2O3. The fraction of sp³-hybridized carbons (Fsp3) is 0.917. The third kappa shape index (κ3) is 5.48. The highest BCUT2D eigenvalue weighted by Gasteiger charge is 2.20. The van der Waals surface area contributed by atoms with Gasteiger partial charge in [0.05, 0.1) is 25.7 Å². The summed E-state index contributed by atoms with van der Waals surface area (Å²) in [4.78, 5) is 13.8. The molecule has 0 radical (unpaired) electrons. The molecule has 0 aliphatic carbocycles. The normalized spacial score (nSPS) is 20.2. The molecule has 0 aromatic carbocycles. The van der Waals surface area contributed by atoms with Crippen molar-refractivity contribution in [3.63, 3.8) is 0 Å². The monoisotopic (exact) mass is 244 g/mol. The first-order valence-corrected chi connectivity index (χ1v) is 6.49. The van der Waals surface area contributed by atoms with Crippen LogP contribution >= 0.6 is 0 Å². The van der Waals surface area contributed by atoms with Gasteiger partial charge in [-0.05, 0) is 6.42 Å². The first-order valence-electron chi connectivity index (χ1n) is 6.49. The number of hydrogen-bond acceptors (Lipinski definition) is 4. The van der Waals surface area contributed by atoms with Crippen molar-refractivity contribution in [2.75, 3.05) is 39.4 Å². The highest BCUT2D eigenvalue weighted by atomic mass is 16.5. The highest BCUT2D eigenvalue weighted by molar-refractivity contribution is 5.76. The highest BCUT2D eigenvalue weighted by Crippen LogP contribution is 2.06. The van der Waals surface area contributed by atoms with Crippen LogP contribution in [0.3, 0.4) is 0 Å². The number of ether oxygens (including phenoxy) is 1. The smallest absolute Gasteiger partial charge is 0.225 e. The fourth-order valence-corrected chi connectivity index (χ4v) is 1.91. The molecule has 100 valence electrons. The molecule has 1 heterocycles. The van der Waals surface area contributed by atoms with E-state index in [4.69, 9.17) is 9.84 Å². The van der Waals surface area contributed by atoms with Gasteiger partial charge in [0.25, 0.3) is 0 Å². The van der Waals surface area contributed by atoms with Crippen LogP contribution in [-0.4, -0.2) is 61.4 Å². The lowest BCUT2D eigenvalue weighted by Crippen LogP contribution is -2.43. The van der Waals surface area contributed by atoms with Crippen molar-refractivity contribution in [2.45, 2.75) is 32.3 Å². The third-order valence-corrected chi connectivity index (χ3v) is 2.91. The molecule has 0 aromatic rings. The molecule has 1 saturated heterocycles. The zero-order chi connectivity index (χ0) is 12.5. The molecule has 1 rings (SSSR count). The second-order valence-electron chi connectivity index (χ2n) is 4.36. The number of aliphatic hydroxyl groups is 1. The van der Waals surface area contributed by atoms with Crippen LogP contribution in [0.4, 0.5) is 0 Å². The van der Waals surface area contributed by atoms with Gasteiger partial charge in [-0.15, -0.1) is 0 Å². The molecule has 0 aromatic heterocycles. The van der Waals surface area contributed by atoms with Gasteiger partial charge in [0.2, 0.25) is 5.91 Å². The number of unbranched alkanes of at least 4 members (excludes halogenated alkanes) is 1. The zero-order valence-electron chi connectivity index (χ0n) is 10.7. The van der Waals surface area contributed by atoms with E-state index in [1.807, 2.05) is 0 Å². The number of carbonyl (C=O) groups is 1. The van der Waals surface area contributed by atoms with Crippen LogP contribution in [0.1, 0.15) is 26.2 Å². The Kier molecular flexibility index (Phi) is 7.16. The summed E-state index contributed by atoms with van der Waals surface area (Å²) in [7, 11) is 0. The number of carbonyl (C=O) groups excluding carboxylic acids is 1. The van der Waals surface area contributed by atoms with Crippen molar-refractivity contribution in [2.24, 2.45) is 0 Å². The number of nitrogens with zero attached hydrogens (tertiary/aromatic N) is 1. The molecule has 1 aliphatic rings. The lowest BCUT2D eigenvalue weighted by atomic mass is 10.2. The van der Waals surface area contributed by atoms with E-state index < -0.39 is 0 Å². The Hall–Kier alpha value is -0.650. The van der Waals surface area contributed by atoms with Crippen LogP contribution in [-0.2, 0) is 9.53 Å². The molecular weight excluding hydrogens is 220 g/mol. The largest absolute Gasteiger partial charge is 0.395 e. The maximum Gasteiger partial charge on any atom is 0.225 e. The second-order valence-corrected chi connectivity index (χ2v) is 4.36. The maximum atomic E-state index is 12.0. The first-order chi connectivity index (χ1) is 8.27. The molecule has 0 saturated carbocycles. The zero-order valence-corrected chi connectivity index (χ0v) is 10.7. The summed E-state index contributed by atoms with van der Waals surface area (Å²) >= 11 is 0. The summed E-state index contributed by atoms with van der Waals surface area (Å²) in [5.74, 6) is 0.0844. The summed E-state index contributed by atoms with van der Waals surface area (Å²) in [6, 6.07) is 0. The topological polar surface area (TPSA) is 61.8 Å². The SMILES string of the molecule is CCCCN(CCO)C(=O)CC1CNCCO1. The van der Waals surface area contributed by atoms with E-state index in [0.29, 0.717) is 19.6 Å². The second kappa shape index (κ2) is 8.44. The Labute approximate surface area is 103 Å². The minimum absolute atomic E-state index is 0.0148. The Morgan fingerprint density at radius 1 is 1.53 bits per heavy atom. The van der Waals surface area contributed by atoms with Crippen LogP contribution in [0, 0.1) is 0 Å². The summed E-state index contributed by atoms with van der Waals surface area (Å²) < 4.78 is 5.51. The number of hydrogen-bond donors (Lipinski definition) is 2. The molecule has 1 atom stereocenters. The lowest BCUT2D eigenvalue weighted by molar-refractivity contribution is -0.135. The van der Waals surface area contributed by atoms with Gasteiger partial charge < -0.3 is 20.1 Å². The van der Waals surface area contributed by atoms with Gasteiger partial charge in [-0.3, -0.25) is 4.79 Å². The van der Waals surface area contributed by atoms with Crippen LogP contribution in [0.25, 0.3) is 0 Å². The standard InChI is InChI=1S/C12H24N2O3/c1-2-3-5-14(6-7-15)12(16)9-11-10-13-4-8-17-11/h11,13,15H,2-10H2,1H3. The van der Waals surface area contributed by atoms with Crippen molar-refractivity contribution in [3.05, 3.63) is 0 Å². The van der Waals surface area contributed by atoms with E-state index in [2.05, 4.69) is 12.2 Å². The Balaban J connectivity index is 2.34. The van der Waals surface area contributed by atoms with E-state index in [0.717, 1.165) is 32.5 Å². The summed E-state index contributed by atoms with van der Waals surface area (Å²) in [5, 5.41) is 12.2. The molecule has 1 fully saturated rings. The molecule has 0 bridgehead atoms. The summed E-state index contributed by atoms with van der Waals surface area (Å²) in [5.41, 5.74) is 0. The maximum absolute atomic E-state index is 12.0. The lowest BCUT2D eigenvalue weighted by Gasteiger charge is -2.27. The Bertz CT molecular complexity index is 218. The van der Waals surface area contributed by atoms with Crippen LogP contribution in [0.2, 0.25) is 0 Å². The van der Waals surface area contributed by atoms with Crippen molar-refractivity contribution in [1.29, 1.82) is 0 Å². The van der Waals surface area contributed by atoms with Crippen LogP contribution < -0.4 is 5.32 Å². The molecule has 1 amide bonds. The quantitative estimate of drug-likeness (QED) is 0.661. The predicted octanol–water partition coefficient (Wildman–Crippen LogP) is -0.0141. The number of rotatable bonds is 7. The Morgan fingerprint density at radius 3 is 2.94 bits per heavy atom. The van der Waals surface area contributed by atoms with Crippen LogP contribution in [0.5, 0.6) is 0 Å². The van der Waals surface area contributed by atoms with Crippen molar-refractivity contribution in [1.82, 2.24) is 10.2 Å². The summed E-state index contributed by atoms with van der Waals surface area (Å²) in [6.45, 7) is 5.56. The van der Waals surface area contributed by atoms with E-state index in [1.54, 1.807) is 4.90 Å². The molecule has 2 N–H and O–H groups in total. The van der Waals surface area contributed by atoms with E-state index >= 15 is 0 Å². The summed E-state index contributed by atoms with van der Waals surface area (Å²) in [6.07, 6.45) is 2.43. The third-order valence-electron chi connectivity index (χ3n) is 2.91. The van der Waals surface area contributed by atoms with Gasteiger partial charge in [-0.25, -0.2) is 0 Å².